The van der Waals surface area contributed by atoms with E-state index in [2.05, 4.69) is 85.1 Å². The summed E-state index contributed by atoms with van der Waals surface area (Å²) < 4.78 is 0. The van der Waals surface area contributed by atoms with Crippen molar-refractivity contribution in [2.75, 3.05) is 10.2 Å². The average molecular weight is 393 g/mol. The predicted octanol–water partition coefficient (Wildman–Crippen LogP) is 0.897. The number of nitrogens with zero attached hydrogens (tertiary/aromatic N) is 3. The minimum Gasteiger partial charge on any atom is -1.00 e. The smallest absolute Gasteiger partial charge is 0.277 e. The van der Waals surface area contributed by atoms with Gasteiger partial charge >= 0.3 is 0 Å². The Morgan fingerprint density at radius 2 is 1.25 bits per heavy atom. The van der Waals surface area contributed by atoms with E-state index in [1.165, 1.54) is 11.1 Å². The Morgan fingerprint density at radius 3 is 1.79 bits per heavy atom. The Morgan fingerprint density at radius 1 is 0.714 bits per heavy atom. The molecule has 4 nitrogen and oxygen atoms in total. The summed E-state index contributed by atoms with van der Waals surface area (Å²) in [5.74, 6) is 0.953. The molecule has 0 aromatic heterocycles. The highest BCUT2D eigenvalue weighted by Gasteiger charge is 2.31. The molecule has 144 valence electrons. The second kappa shape index (κ2) is 8.91. The van der Waals surface area contributed by atoms with Gasteiger partial charge in [-0.25, -0.2) is 0 Å². The van der Waals surface area contributed by atoms with Gasteiger partial charge in [0.1, 0.15) is 5.69 Å². The standard InChI is InChI=1S/C23H24N4.ClH/c1-3-18-10-14-21(15-11-18)26-24-23(20-8-6-5-7-9-20)25-27(26)22-16-12-19(4-2)13-17-22;/h5-17H,3-4H2,1-2H3,(H,24,25);1H. The Hall–Kier alpha value is -2.82. The number of hydrazine groups is 1. The molecule has 1 heterocycles. The van der Waals surface area contributed by atoms with Crippen molar-refractivity contribution in [2.45, 2.75) is 26.7 Å². The van der Waals surface area contributed by atoms with Gasteiger partial charge in [-0.1, -0.05) is 61.4 Å². The fraction of sp³-hybridized carbons (Fsp3) is 0.174. The van der Waals surface area contributed by atoms with Crippen molar-refractivity contribution in [3.05, 3.63) is 95.6 Å². The number of anilines is 2. The van der Waals surface area contributed by atoms with Crippen LogP contribution in [-0.2, 0) is 12.8 Å². The molecule has 0 fully saturated rings. The van der Waals surface area contributed by atoms with Gasteiger partial charge in [0.2, 0.25) is 0 Å². The van der Waals surface area contributed by atoms with Crippen LogP contribution in [0.3, 0.4) is 0 Å². The van der Waals surface area contributed by atoms with Crippen LogP contribution in [0.25, 0.3) is 0 Å². The zero-order valence-electron chi connectivity index (χ0n) is 16.2. The van der Waals surface area contributed by atoms with Gasteiger partial charge in [-0.05, 0) is 60.4 Å². The molecule has 0 aliphatic carbocycles. The zero-order valence-corrected chi connectivity index (χ0v) is 17.0. The lowest BCUT2D eigenvalue weighted by atomic mass is 10.1. The summed E-state index contributed by atoms with van der Waals surface area (Å²) in [6, 6.07) is 27.6. The lowest BCUT2D eigenvalue weighted by Crippen LogP contribution is -3.00. The third-order valence-electron chi connectivity index (χ3n) is 4.91. The maximum Gasteiger partial charge on any atom is 0.277 e. The Bertz CT molecular complexity index is 921. The fourth-order valence-electron chi connectivity index (χ4n) is 3.20. The number of hydrogen-bond acceptors (Lipinski definition) is 3. The first-order valence-electron chi connectivity index (χ1n) is 9.54. The molecule has 0 saturated carbocycles. The van der Waals surface area contributed by atoms with Crippen LogP contribution in [0.1, 0.15) is 30.5 Å². The molecule has 0 spiro atoms. The predicted molar refractivity (Wildman–Crippen MR) is 112 cm³/mol. The maximum atomic E-state index is 4.90. The number of amidine groups is 1. The van der Waals surface area contributed by atoms with E-state index in [0.29, 0.717) is 0 Å². The highest BCUT2D eigenvalue weighted by Crippen LogP contribution is 2.24. The summed E-state index contributed by atoms with van der Waals surface area (Å²) in [6.45, 7) is 4.35. The third kappa shape index (κ3) is 4.03. The van der Waals surface area contributed by atoms with Crippen LogP contribution < -0.4 is 28.1 Å². The normalized spacial score (nSPS) is 13.3. The summed E-state index contributed by atoms with van der Waals surface area (Å²) in [4.78, 5) is 0. The van der Waals surface area contributed by atoms with Crippen molar-refractivity contribution in [1.29, 1.82) is 0 Å². The second-order valence-electron chi connectivity index (χ2n) is 6.65. The highest BCUT2D eigenvalue weighted by molar-refractivity contribution is 5.93. The largest absolute Gasteiger partial charge is 1.00 e. The second-order valence-corrected chi connectivity index (χ2v) is 6.65. The van der Waals surface area contributed by atoms with Crippen LogP contribution in [-0.4, -0.2) is 5.84 Å². The number of aryl methyl sites for hydroxylation is 2. The molecule has 0 radical (unpaired) electrons. The van der Waals surface area contributed by atoms with Crippen molar-refractivity contribution < 1.29 is 17.8 Å². The third-order valence-corrected chi connectivity index (χ3v) is 4.91. The van der Waals surface area contributed by atoms with E-state index < -0.39 is 0 Å². The molecule has 0 unspecified atom stereocenters. The van der Waals surface area contributed by atoms with Gasteiger partial charge in [0.15, 0.2) is 0 Å². The minimum absolute atomic E-state index is 0. The number of hydrazone groups is 1. The summed E-state index contributed by atoms with van der Waals surface area (Å²) in [6.07, 6.45) is 2.07. The molecule has 4 rings (SSSR count). The lowest BCUT2D eigenvalue weighted by Gasteiger charge is -2.24. The van der Waals surface area contributed by atoms with Crippen molar-refractivity contribution in [2.24, 2.45) is 5.10 Å². The number of benzene rings is 3. The molecule has 3 aromatic carbocycles. The van der Waals surface area contributed by atoms with Gasteiger partial charge in [-0.15, -0.1) is 10.2 Å². The van der Waals surface area contributed by atoms with Gasteiger partial charge in [0.05, 0.1) is 11.3 Å². The Labute approximate surface area is 172 Å². The Balaban J connectivity index is 0.00000225. The van der Waals surface area contributed by atoms with Crippen molar-refractivity contribution in [1.82, 2.24) is 0 Å². The molecule has 0 atom stereocenters. The van der Waals surface area contributed by atoms with Crippen LogP contribution in [0, 0.1) is 0 Å². The van der Waals surface area contributed by atoms with Crippen LogP contribution in [0.5, 0.6) is 0 Å². The average Bonchev–Trinajstić information content (AvgIpc) is 3.20. The van der Waals surface area contributed by atoms with Crippen molar-refractivity contribution in [3.63, 3.8) is 0 Å². The first-order valence-corrected chi connectivity index (χ1v) is 9.54. The summed E-state index contributed by atoms with van der Waals surface area (Å²) in [5, 5.41) is 8.99. The number of halogens is 1. The van der Waals surface area contributed by atoms with E-state index in [-0.39, 0.29) is 12.4 Å². The van der Waals surface area contributed by atoms with Crippen LogP contribution in [0.2, 0.25) is 0 Å². The van der Waals surface area contributed by atoms with Crippen molar-refractivity contribution >= 4 is 17.2 Å². The molecule has 28 heavy (non-hydrogen) atoms. The Kier molecular flexibility index (Phi) is 6.34. The topological polar surface area (TPSA) is 35.5 Å². The first-order chi connectivity index (χ1) is 13.3. The van der Waals surface area contributed by atoms with Crippen LogP contribution in [0.15, 0.2) is 84.0 Å². The fourth-order valence-corrected chi connectivity index (χ4v) is 3.20. The van der Waals surface area contributed by atoms with E-state index in [0.717, 1.165) is 35.6 Å². The van der Waals surface area contributed by atoms with Crippen LogP contribution in [0.4, 0.5) is 11.4 Å². The van der Waals surface area contributed by atoms with Gasteiger partial charge in [0.25, 0.3) is 5.84 Å². The highest BCUT2D eigenvalue weighted by atomic mass is 35.5. The number of hydrogen-bond donors (Lipinski definition) is 1. The molecule has 0 saturated heterocycles. The molecule has 1 aliphatic rings. The summed E-state index contributed by atoms with van der Waals surface area (Å²) in [5.41, 5.74) is 8.02. The molecular weight excluding hydrogens is 368 g/mol. The van der Waals surface area contributed by atoms with E-state index in [9.17, 15) is 0 Å². The van der Waals surface area contributed by atoms with Gasteiger partial charge < -0.3 is 12.4 Å². The van der Waals surface area contributed by atoms with Gasteiger partial charge in [0, 0.05) is 0 Å². The number of quaternary nitrogens is 1. The first kappa shape index (κ1) is 19.9. The van der Waals surface area contributed by atoms with E-state index in [1.54, 1.807) is 0 Å². The van der Waals surface area contributed by atoms with Gasteiger partial charge in [-0.3, -0.25) is 0 Å². The number of rotatable bonds is 5. The zero-order chi connectivity index (χ0) is 18.6. The molecule has 1 aliphatic heterocycles. The summed E-state index contributed by atoms with van der Waals surface area (Å²) in [7, 11) is 0. The van der Waals surface area contributed by atoms with E-state index in [4.69, 9.17) is 5.10 Å². The molecule has 0 amide bonds. The molecule has 3 aromatic rings. The maximum absolute atomic E-state index is 4.90. The minimum atomic E-state index is 0. The number of nitrogens with two attached hydrogens (primary N) is 1. The lowest BCUT2D eigenvalue weighted by molar-refractivity contribution is -0.545. The monoisotopic (exact) mass is 392 g/mol. The van der Waals surface area contributed by atoms with Gasteiger partial charge in [-0.2, -0.15) is 5.43 Å². The van der Waals surface area contributed by atoms with E-state index in [1.807, 2.05) is 23.3 Å². The van der Waals surface area contributed by atoms with Crippen LogP contribution >= 0.6 is 0 Å². The van der Waals surface area contributed by atoms with E-state index >= 15 is 0 Å². The molecule has 5 heteroatoms. The molecule has 0 bridgehead atoms. The molecular formula is C23H25ClN4. The van der Waals surface area contributed by atoms with Crippen molar-refractivity contribution in [3.8, 4) is 0 Å². The quantitative estimate of drug-likeness (QED) is 0.655. The summed E-state index contributed by atoms with van der Waals surface area (Å²) >= 11 is 0. The molecule has 2 N–H and O–H groups in total. The SMILES string of the molecule is CCc1ccc(N2N=C(c3ccccc3)[NH2+]N2c2ccc(CC)cc2)cc1.[Cl-].